The summed E-state index contributed by atoms with van der Waals surface area (Å²) in [4.78, 5) is 0. The lowest BCUT2D eigenvalue weighted by Gasteiger charge is -2.64. The molecule has 0 heterocycles. The normalized spacial score (nSPS) is 42.4. The molecule has 0 spiro atoms. The Morgan fingerprint density at radius 1 is 0.643 bits per heavy atom. The van der Waals surface area contributed by atoms with Crippen LogP contribution in [0.25, 0.3) is 0 Å². The molecule has 82 valence electrons. The zero-order chi connectivity index (χ0) is 10.8. The van der Waals surface area contributed by atoms with Crippen molar-refractivity contribution in [2.75, 3.05) is 0 Å². The molecule has 0 aromatic heterocycles. The predicted octanol–water partition coefficient (Wildman–Crippen LogP) is 4.49. The molecule has 0 saturated heterocycles. The van der Waals surface area contributed by atoms with Gasteiger partial charge in [0.15, 0.2) is 0 Å². The average Bonchev–Trinajstić information content (AvgIpc) is 1.71. The van der Waals surface area contributed by atoms with Gasteiger partial charge in [0.1, 0.15) is 0 Å². The van der Waals surface area contributed by atoms with Crippen LogP contribution in [0.2, 0.25) is 0 Å². The largest absolute Gasteiger partial charge is 0.0596 e. The van der Waals surface area contributed by atoms with E-state index < -0.39 is 0 Å². The molecule has 3 rings (SSSR count). The van der Waals surface area contributed by atoms with Gasteiger partial charge in [-0.3, -0.25) is 0 Å². The number of hydrogen-bond acceptors (Lipinski definition) is 0. The quantitative estimate of drug-likeness (QED) is 0.533. The van der Waals surface area contributed by atoms with Gasteiger partial charge in [0.05, 0.1) is 0 Å². The summed E-state index contributed by atoms with van der Waals surface area (Å²) in [6.45, 7) is 15.0. The minimum Gasteiger partial charge on any atom is -0.0596 e. The van der Waals surface area contributed by atoms with Crippen LogP contribution in [0.3, 0.4) is 0 Å². The highest BCUT2D eigenvalue weighted by Crippen LogP contribution is 2.66. The summed E-state index contributed by atoms with van der Waals surface area (Å²) in [6.07, 6.45) is 4.39. The summed E-state index contributed by atoms with van der Waals surface area (Å²) in [5, 5.41) is 0. The van der Waals surface area contributed by atoms with Crippen molar-refractivity contribution in [3.05, 3.63) is 0 Å². The fourth-order valence-corrected chi connectivity index (χ4v) is 5.98. The van der Waals surface area contributed by atoms with E-state index >= 15 is 0 Å². The molecular formula is C14H26. The second-order valence-corrected chi connectivity index (χ2v) is 7.88. The number of hydrogen-bond donors (Lipinski definition) is 0. The van der Waals surface area contributed by atoms with Gasteiger partial charge >= 0.3 is 0 Å². The average molecular weight is 194 g/mol. The highest BCUT2D eigenvalue weighted by Gasteiger charge is 2.58. The number of rotatable bonds is 0. The summed E-state index contributed by atoms with van der Waals surface area (Å²) in [7, 11) is 0. The molecule has 3 aliphatic rings. The van der Waals surface area contributed by atoms with Gasteiger partial charge in [-0.15, -0.1) is 0 Å². The minimum absolute atomic E-state index is 0.564. The van der Waals surface area contributed by atoms with Crippen molar-refractivity contribution in [2.45, 2.75) is 60.8 Å². The zero-order valence-corrected chi connectivity index (χ0v) is 10.8. The molecule has 0 aliphatic heterocycles. The Morgan fingerprint density at radius 3 is 1.07 bits per heavy atom. The molecule has 14 heavy (non-hydrogen) atoms. The molecule has 0 heteroatoms. The van der Waals surface area contributed by atoms with Crippen LogP contribution < -0.4 is 0 Å². The van der Waals surface area contributed by atoms with Gasteiger partial charge < -0.3 is 0 Å². The number of fused-ring (bicyclic) bond motifs is 3. The third-order valence-corrected chi connectivity index (χ3v) is 4.79. The maximum absolute atomic E-state index is 2.49. The third kappa shape index (κ3) is 1.33. The molecule has 0 unspecified atom stereocenters. The zero-order valence-electron chi connectivity index (χ0n) is 10.8. The lowest BCUT2D eigenvalue weighted by molar-refractivity contribution is -0.149. The standard InChI is InChI=1S/C14H26/c1-12(2)7-10-8-13(3,4)11(12)14(5,6)9-10/h10-11H,7-9H2,1-6H3. The smallest absolute Gasteiger partial charge is 0.0260 e. The Balaban J connectivity index is 2.43. The van der Waals surface area contributed by atoms with Crippen molar-refractivity contribution in [2.24, 2.45) is 28.1 Å². The van der Waals surface area contributed by atoms with Gasteiger partial charge in [-0.2, -0.15) is 0 Å². The first-order chi connectivity index (χ1) is 6.15. The fourth-order valence-electron chi connectivity index (χ4n) is 5.98. The first-order valence-electron chi connectivity index (χ1n) is 6.15. The summed E-state index contributed by atoms with van der Waals surface area (Å²) in [5.74, 6) is 1.88. The van der Waals surface area contributed by atoms with E-state index in [1.54, 1.807) is 0 Å². The van der Waals surface area contributed by atoms with Crippen molar-refractivity contribution in [3.63, 3.8) is 0 Å². The fraction of sp³-hybridized carbons (Fsp3) is 1.00. The van der Waals surface area contributed by atoms with Crippen molar-refractivity contribution in [3.8, 4) is 0 Å². The monoisotopic (exact) mass is 194 g/mol. The lowest BCUT2D eigenvalue weighted by atomic mass is 9.41. The van der Waals surface area contributed by atoms with Gasteiger partial charge in [0, 0.05) is 0 Å². The molecule has 2 bridgehead atoms. The van der Waals surface area contributed by atoms with Crippen LogP contribution in [0.1, 0.15) is 60.8 Å². The first-order valence-corrected chi connectivity index (χ1v) is 6.15. The van der Waals surface area contributed by atoms with Crippen LogP contribution in [0.15, 0.2) is 0 Å². The Kier molecular flexibility index (Phi) is 1.93. The van der Waals surface area contributed by atoms with Crippen molar-refractivity contribution >= 4 is 0 Å². The van der Waals surface area contributed by atoms with E-state index in [1.807, 2.05) is 0 Å². The van der Waals surface area contributed by atoms with E-state index in [0.717, 1.165) is 11.8 Å². The highest BCUT2D eigenvalue weighted by atomic mass is 14.6. The SMILES string of the molecule is CC1(C)CC2CC(C)(C)C1C(C)(C)C2. The van der Waals surface area contributed by atoms with Crippen LogP contribution in [0.5, 0.6) is 0 Å². The van der Waals surface area contributed by atoms with Crippen LogP contribution >= 0.6 is 0 Å². The Morgan fingerprint density at radius 2 is 0.929 bits per heavy atom. The summed E-state index contributed by atoms with van der Waals surface area (Å²) in [5.41, 5.74) is 1.69. The molecule has 0 nitrogen and oxygen atoms in total. The van der Waals surface area contributed by atoms with E-state index in [-0.39, 0.29) is 0 Å². The second-order valence-electron chi connectivity index (χ2n) is 7.88. The maximum atomic E-state index is 2.49. The third-order valence-electron chi connectivity index (χ3n) is 4.79. The summed E-state index contributed by atoms with van der Waals surface area (Å²) < 4.78 is 0. The molecule has 3 fully saturated rings. The summed E-state index contributed by atoms with van der Waals surface area (Å²) in [6, 6.07) is 0. The van der Waals surface area contributed by atoms with Crippen molar-refractivity contribution in [1.29, 1.82) is 0 Å². The van der Waals surface area contributed by atoms with Crippen LogP contribution in [-0.4, -0.2) is 0 Å². The van der Waals surface area contributed by atoms with Crippen molar-refractivity contribution in [1.82, 2.24) is 0 Å². The van der Waals surface area contributed by atoms with Gasteiger partial charge in [0.2, 0.25) is 0 Å². The molecular weight excluding hydrogens is 168 g/mol. The second kappa shape index (κ2) is 2.57. The Bertz CT molecular complexity index is 202. The molecule has 3 saturated carbocycles. The molecule has 0 aromatic carbocycles. The molecule has 3 aliphatic carbocycles. The molecule has 0 radical (unpaired) electrons. The summed E-state index contributed by atoms with van der Waals surface area (Å²) >= 11 is 0. The Labute approximate surface area is 89.5 Å². The van der Waals surface area contributed by atoms with Crippen molar-refractivity contribution < 1.29 is 0 Å². The molecule has 0 atom stereocenters. The van der Waals surface area contributed by atoms with E-state index in [1.165, 1.54) is 19.3 Å². The topological polar surface area (TPSA) is 0 Å². The highest BCUT2D eigenvalue weighted by molar-refractivity contribution is 5.07. The molecule has 0 amide bonds. The Hall–Kier alpha value is 0. The lowest BCUT2D eigenvalue weighted by Crippen LogP contribution is -2.56. The predicted molar refractivity (Wildman–Crippen MR) is 62.2 cm³/mol. The van der Waals surface area contributed by atoms with E-state index in [2.05, 4.69) is 41.5 Å². The van der Waals surface area contributed by atoms with Crippen LogP contribution in [0, 0.1) is 28.1 Å². The molecule has 0 aromatic rings. The van der Waals surface area contributed by atoms with Gasteiger partial charge in [-0.1, -0.05) is 41.5 Å². The maximum Gasteiger partial charge on any atom is -0.0260 e. The van der Waals surface area contributed by atoms with Gasteiger partial charge in [-0.25, -0.2) is 0 Å². The van der Waals surface area contributed by atoms with E-state index in [4.69, 9.17) is 0 Å². The van der Waals surface area contributed by atoms with E-state index in [0.29, 0.717) is 16.2 Å². The first kappa shape index (κ1) is 10.5. The minimum atomic E-state index is 0.564. The van der Waals surface area contributed by atoms with Gasteiger partial charge in [0.25, 0.3) is 0 Å². The van der Waals surface area contributed by atoms with Crippen LogP contribution in [-0.2, 0) is 0 Å². The molecule has 0 N–H and O–H groups in total. The van der Waals surface area contributed by atoms with Gasteiger partial charge in [-0.05, 0) is 47.3 Å². The van der Waals surface area contributed by atoms with Crippen LogP contribution in [0.4, 0.5) is 0 Å². The van der Waals surface area contributed by atoms with E-state index in [9.17, 15) is 0 Å².